The largest absolute Gasteiger partial charge is 0.369 e. The molecule has 8 heteroatoms. The van der Waals surface area contributed by atoms with E-state index in [1.54, 1.807) is 25.5 Å². The molecular weight excluding hydrogens is 554 g/mol. The van der Waals surface area contributed by atoms with Crippen LogP contribution >= 0.6 is 11.6 Å². The Labute approximate surface area is 252 Å². The van der Waals surface area contributed by atoms with Crippen LogP contribution in [0, 0.1) is 5.41 Å². The van der Waals surface area contributed by atoms with Gasteiger partial charge in [0, 0.05) is 49.0 Å². The average molecular weight is 600 g/mol. The van der Waals surface area contributed by atoms with Crippen LogP contribution in [0.5, 0.6) is 0 Å². The monoisotopic (exact) mass is 599 g/mol. The fraction of sp³-hybridized carbons (Fsp3) is 0.545. The summed E-state index contributed by atoms with van der Waals surface area (Å²) in [6.07, 6.45) is 3.40. The molecule has 1 heterocycles. The van der Waals surface area contributed by atoms with Crippen LogP contribution in [-0.4, -0.2) is 57.2 Å². The van der Waals surface area contributed by atoms with E-state index in [4.69, 9.17) is 11.6 Å². The van der Waals surface area contributed by atoms with E-state index < -0.39 is 21.2 Å². The van der Waals surface area contributed by atoms with E-state index >= 15 is 0 Å². The molecule has 0 bridgehead atoms. The van der Waals surface area contributed by atoms with E-state index in [1.807, 2.05) is 18.2 Å². The SMILES string of the molecule is CC(C)S(=O)(=O)NC(=O)c1ccc(N2CCN(CC3=C(c4ccc(Cl)cc4)CC(C)(C)CC3)CC2)cc1C(C)(C)C. The molecule has 1 fully saturated rings. The minimum Gasteiger partial charge on any atom is -0.369 e. The maximum absolute atomic E-state index is 13.0. The lowest BCUT2D eigenvalue weighted by Gasteiger charge is -2.39. The number of halogens is 1. The molecule has 1 saturated heterocycles. The second kappa shape index (κ2) is 12.1. The summed E-state index contributed by atoms with van der Waals surface area (Å²) in [5, 5.41) is 0.0872. The Kier molecular flexibility index (Phi) is 9.32. The summed E-state index contributed by atoms with van der Waals surface area (Å²) in [5.41, 5.74) is 6.59. The number of carbonyl (C=O) groups is 1. The summed E-state index contributed by atoms with van der Waals surface area (Å²) in [6.45, 7) is 18.7. The second-order valence-corrected chi connectivity index (χ2v) is 16.4. The van der Waals surface area contributed by atoms with Gasteiger partial charge in [0.2, 0.25) is 10.0 Å². The molecule has 1 aliphatic heterocycles. The number of sulfonamides is 1. The van der Waals surface area contributed by atoms with Crippen LogP contribution in [0.2, 0.25) is 5.02 Å². The Morgan fingerprint density at radius 1 is 1.02 bits per heavy atom. The van der Waals surface area contributed by atoms with Gasteiger partial charge in [0.15, 0.2) is 0 Å². The molecule has 41 heavy (non-hydrogen) atoms. The smallest absolute Gasteiger partial charge is 0.265 e. The highest BCUT2D eigenvalue weighted by Gasteiger charge is 2.30. The van der Waals surface area contributed by atoms with Crippen molar-refractivity contribution in [1.82, 2.24) is 9.62 Å². The number of allylic oxidation sites excluding steroid dienone is 1. The maximum Gasteiger partial charge on any atom is 0.265 e. The second-order valence-electron chi connectivity index (χ2n) is 13.7. The van der Waals surface area contributed by atoms with Crippen molar-refractivity contribution < 1.29 is 13.2 Å². The molecule has 0 atom stereocenters. The van der Waals surface area contributed by atoms with Crippen LogP contribution in [0.1, 0.15) is 89.2 Å². The van der Waals surface area contributed by atoms with Crippen molar-refractivity contribution in [3.05, 3.63) is 69.8 Å². The first-order valence-electron chi connectivity index (χ1n) is 14.7. The molecule has 224 valence electrons. The molecule has 0 aromatic heterocycles. The van der Waals surface area contributed by atoms with Crippen molar-refractivity contribution in [3.63, 3.8) is 0 Å². The summed E-state index contributed by atoms with van der Waals surface area (Å²) < 4.78 is 27.0. The summed E-state index contributed by atoms with van der Waals surface area (Å²) >= 11 is 6.19. The molecule has 1 N–H and O–H groups in total. The van der Waals surface area contributed by atoms with Gasteiger partial charge in [-0.15, -0.1) is 0 Å². The lowest BCUT2D eigenvalue weighted by atomic mass is 9.72. The highest BCUT2D eigenvalue weighted by Crippen LogP contribution is 2.43. The summed E-state index contributed by atoms with van der Waals surface area (Å²) in [4.78, 5) is 17.9. The van der Waals surface area contributed by atoms with Crippen LogP contribution in [0.15, 0.2) is 48.0 Å². The third-order valence-electron chi connectivity index (χ3n) is 8.44. The average Bonchev–Trinajstić information content (AvgIpc) is 2.89. The summed E-state index contributed by atoms with van der Waals surface area (Å²) in [7, 11) is -3.71. The Morgan fingerprint density at radius 3 is 2.24 bits per heavy atom. The molecule has 0 spiro atoms. The van der Waals surface area contributed by atoms with Gasteiger partial charge in [-0.05, 0) is 91.0 Å². The zero-order valence-corrected chi connectivity index (χ0v) is 27.3. The van der Waals surface area contributed by atoms with Gasteiger partial charge in [-0.1, -0.05) is 63.9 Å². The maximum atomic E-state index is 13.0. The van der Waals surface area contributed by atoms with Crippen LogP contribution in [0.4, 0.5) is 5.69 Å². The lowest BCUT2D eigenvalue weighted by molar-refractivity contribution is 0.0979. The highest BCUT2D eigenvalue weighted by atomic mass is 35.5. The van der Waals surface area contributed by atoms with Crippen molar-refractivity contribution in [3.8, 4) is 0 Å². The fourth-order valence-corrected chi connectivity index (χ4v) is 6.48. The lowest BCUT2D eigenvalue weighted by Crippen LogP contribution is -2.47. The normalized spacial score (nSPS) is 18.6. The van der Waals surface area contributed by atoms with Crippen LogP contribution in [-0.2, 0) is 15.4 Å². The van der Waals surface area contributed by atoms with E-state index in [2.05, 4.69) is 67.3 Å². The number of carbonyl (C=O) groups excluding carboxylic acids is 1. The van der Waals surface area contributed by atoms with Gasteiger partial charge >= 0.3 is 0 Å². The number of amides is 1. The predicted octanol–water partition coefficient (Wildman–Crippen LogP) is 6.89. The quantitative estimate of drug-likeness (QED) is 0.375. The first-order chi connectivity index (χ1) is 19.1. The fourth-order valence-electron chi connectivity index (χ4n) is 5.75. The van der Waals surface area contributed by atoms with Gasteiger partial charge in [0.1, 0.15) is 0 Å². The highest BCUT2D eigenvalue weighted by molar-refractivity contribution is 7.90. The zero-order valence-electron chi connectivity index (χ0n) is 25.7. The molecule has 0 unspecified atom stereocenters. The molecule has 4 rings (SSSR count). The van der Waals surface area contributed by atoms with Gasteiger partial charge < -0.3 is 4.90 Å². The number of hydrogen-bond acceptors (Lipinski definition) is 5. The number of benzene rings is 2. The van der Waals surface area contributed by atoms with Crippen LogP contribution in [0.3, 0.4) is 0 Å². The topological polar surface area (TPSA) is 69.7 Å². The Balaban J connectivity index is 1.49. The van der Waals surface area contributed by atoms with Crippen molar-refractivity contribution >= 4 is 38.8 Å². The van der Waals surface area contributed by atoms with Crippen molar-refractivity contribution in [1.29, 1.82) is 0 Å². The third kappa shape index (κ3) is 7.74. The Morgan fingerprint density at radius 2 is 1.66 bits per heavy atom. The molecule has 2 aromatic carbocycles. The van der Waals surface area contributed by atoms with Crippen molar-refractivity contribution in [2.24, 2.45) is 5.41 Å². The number of piperazine rings is 1. The minimum atomic E-state index is -3.71. The predicted molar refractivity (Wildman–Crippen MR) is 171 cm³/mol. The number of rotatable bonds is 7. The zero-order chi connectivity index (χ0) is 30.2. The standard InChI is InChI=1S/C33H46ClN3O3S/c1-23(2)41(39,40)35-31(38)28-13-12-27(20-30(28)32(3,4)5)37-18-16-36(17-19-37)22-25-14-15-33(6,7)21-29(25)24-8-10-26(34)11-9-24/h8-13,20,23H,14-19,21-22H2,1-7H3,(H,35,38). The molecular formula is C33H46ClN3O3S. The molecule has 2 aromatic rings. The summed E-state index contributed by atoms with van der Waals surface area (Å²) in [5.74, 6) is -0.569. The molecule has 1 amide bonds. The first-order valence-corrected chi connectivity index (χ1v) is 16.6. The summed E-state index contributed by atoms with van der Waals surface area (Å²) in [6, 6.07) is 14.1. The number of hydrogen-bond donors (Lipinski definition) is 1. The first kappa shape index (κ1) is 31.6. The van der Waals surface area contributed by atoms with Crippen molar-refractivity contribution in [2.45, 2.75) is 78.4 Å². The van der Waals surface area contributed by atoms with E-state index in [-0.39, 0.29) is 5.41 Å². The van der Waals surface area contributed by atoms with E-state index in [1.165, 1.54) is 17.6 Å². The van der Waals surface area contributed by atoms with Gasteiger partial charge in [0.05, 0.1) is 5.25 Å². The van der Waals surface area contributed by atoms with Gasteiger partial charge in [-0.2, -0.15) is 0 Å². The van der Waals surface area contributed by atoms with Crippen LogP contribution in [0.25, 0.3) is 5.57 Å². The van der Waals surface area contributed by atoms with Gasteiger partial charge in [-0.3, -0.25) is 9.69 Å². The number of anilines is 1. The molecule has 0 saturated carbocycles. The minimum absolute atomic E-state index is 0.296. The Bertz CT molecular complexity index is 1400. The van der Waals surface area contributed by atoms with E-state index in [9.17, 15) is 13.2 Å². The molecule has 0 radical (unpaired) electrons. The molecule has 6 nitrogen and oxygen atoms in total. The van der Waals surface area contributed by atoms with Crippen LogP contribution < -0.4 is 9.62 Å². The third-order valence-corrected chi connectivity index (χ3v) is 10.4. The number of nitrogens with one attached hydrogen (secondary N) is 1. The Hall–Kier alpha value is -2.35. The molecule has 1 aliphatic carbocycles. The van der Waals surface area contributed by atoms with Gasteiger partial charge in [0.25, 0.3) is 5.91 Å². The van der Waals surface area contributed by atoms with E-state index in [0.29, 0.717) is 11.0 Å². The van der Waals surface area contributed by atoms with E-state index in [0.717, 1.165) is 61.8 Å². The number of nitrogens with zero attached hydrogens (tertiary/aromatic N) is 2. The molecule has 2 aliphatic rings. The van der Waals surface area contributed by atoms with Crippen molar-refractivity contribution in [2.75, 3.05) is 37.6 Å². The van der Waals surface area contributed by atoms with Gasteiger partial charge in [-0.25, -0.2) is 13.1 Å².